The highest BCUT2D eigenvalue weighted by atomic mass is 32.2. The number of rotatable bonds is 6. The summed E-state index contributed by atoms with van der Waals surface area (Å²) in [6.45, 7) is 16.2. The number of phenolic OH excluding ortho intramolecular Hbond substituents is 1. The highest BCUT2D eigenvalue weighted by molar-refractivity contribution is 7.99. The molecule has 3 rings (SSSR count). The number of nitrogens with one attached hydrogen (secondary N) is 1. The topological polar surface area (TPSA) is 85.7 Å². The maximum absolute atomic E-state index is 12.5. The molecule has 1 aliphatic rings. The second kappa shape index (κ2) is 9.93. The van der Waals surface area contributed by atoms with Crippen molar-refractivity contribution in [1.29, 1.82) is 0 Å². The molecule has 1 saturated heterocycles. The molecular weight excluding hydrogens is 438 g/mol. The molecule has 1 aromatic heterocycles. The van der Waals surface area contributed by atoms with Gasteiger partial charge in [-0.3, -0.25) is 14.6 Å². The fraction of sp³-hybridized carbons (Fsp3) is 0.625. The normalized spacial score (nSPS) is 15.7. The van der Waals surface area contributed by atoms with Crippen LogP contribution in [0.4, 0.5) is 5.88 Å². The molecule has 1 amide bonds. The molecule has 0 atom stereocenters. The Labute approximate surface area is 201 Å². The summed E-state index contributed by atoms with van der Waals surface area (Å²) in [4.78, 5) is 17.4. The van der Waals surface area contributed by atoms with Crippen LogP contribution in [-0.2, 0) is 15.6 Å². The molecule has 0 bridgehead atoms. The average Bonchev–Trinajstić information content (AvgIpc) is 3.16. The summed E-state index contributed by atoms with van der Waals surface area (Å²) in [5.41, 5.74) is 1.50. The molecule has 0 spiro atoms. The summed E-state index contributed by atoms with van der Waals surface area (Å²) in [5, 5.41) is 19.8. The molecule has 33 heavy (non-hydrogen) atoms. The third-order valence-corrected chi connectivity index (χ3v) is 6.76. The zero-order valence-electron chi connectivity index (χ0n) is 20.9. The molecule has 0 saturated carbocycles. The van der Waals surface area contributed by atoms with E-state index in [-0.39, 0.29) is 16.7 Å². The van der Waals surface area contributed by atoms with Gasteiger partial charge < -0.3 is 10.0 Å². The molecular formula is C24H38N5O3S+. The molecule has 0 aliphatic carbocycles. The van der Waals surface area contributed by atoms with Gasteiger partial charge in [0.2, 0.25) is 11.2 Å². The summed E-state index contributed by atoms with van der Waals surface area (Å²) in [7, 11) is 2.10. The monoisotopic (exact) mass is 476 g/mol. The van der Waals surface area contributed by atoms with Crippen molar-refractivity contribution in [1.82, 2.24) is 10.2 Å². The summed E-state index contributed by atoms with van der Waals surface area (Å²) in [6.07, 6.45) is 2.05. The second-order valence-corrected chi connectivity index (χ2v) is 11.9. The van der Waals surface area contributed by atoms with Crippen molar-refractivity contribution in [3.05, 3.63) is 29.5 Å². The number of thioether (sulfide) groups is 1. The van der Waals surface area contributed by atoms with Gasteiger partial charge in [-0.15, -0.1) is 11.8 Å². The molecule has 9 heteroatoms. The average molecular weight is 477 g/mol. The number of carbonyl (C=O) groups is 1. The highest BCUT2D eigenvalue weighted by Crippen LogP contribution is 2.41. The number of hydrogen-bond acceptors (Lipinski definition) is 7. The number of amides is 1. The lowest BCUT2D eigenvalue weighted by atomic mass is 9.79. The summed E-state index contributed by atoms with van der Waals surface area (Å²) < 4.78 is 5.29. The van der Waals surface area contributed by atoms with Gasteiger partial charge >= 0.3 is 5.88 Å². The van der Waals surface area contributed by atoms with Crippen LogP contribution in [0.1, 0.15) is 59.1 Å². The predicted octanol–water partition coefficient (Wildman–Crippen LogP) is 3.27. The maximum Gasteiger partial charge on any atom is 0.305 e. The molecule has 1 aromatic carbocycles. The van der Waals surface area contributed by atoms with Crippen LogP contribution >= 0.6 is 11.8 Å². The van der Waals surface area contributed by atoms with Crippen molar-refractivity contribution < 1.29 is 19.2 Å². The summed E-state index contributed by atoms with van der Waals surface area (Å²) in [6, 6.07) is 4.09. The first-order valence-corrected chi connectivity index (χ1v) is 12.5. The maximum atomic E-state index is 12.5. The van der Waals surface area contributed by atoms with Gasteiger partial charge in [-0.2, -0.15) is 5.01 Å². The Bertz CT molecular complexity index is 934. The van der Waals surface area contributed by atoms with E-state index in [2.05, 4.69) is 69.1 Å². The van der Waals surface area contributed by atoms with Gasteiger partial charge in [-0.25, -0.2) is 0 Å². The Balaban J connectivity index is 1.58. The number of aromatic hydroxyl groups is 1. The first kappa shape index (κ1) is 25.4. The van der Waals surface area contributed by atoms with E-state index in [4.69, 9.17) is 4.52 Å². The molecule has 1 aliphatic heterocycles. The van der Waals surface area contributed by atoms with Crippen LogP contribution < -0.4 is 15.1 Å². The van der Waals surface area contributed by atoms with E-state index in [1.54, 1.807) is 22.7 Å². The number of nitrogens with zero attached hydrogens (tertiary/aromatic N) is 4. The second-order valence-electron chi connectivity index (χ2n) is 10.8. The largest absolute Gasteiger partial charge is 0.507 e. The minimum atomic E-state index is -0.177. The lowest BCUT2D eigenvalue weighted by Crippen LogP contribution is -2.64. The van der Waals surface area contributed by atoms with E-state index < -0.39 is 0 Å². The number of piperazine rings is 1. The quantitative estimate of drug-likeness (QED) is 0.489. The Hall–Kier alpha value is -2.26. The van der Waals surface area contributed by atoms with Crippen molar-refractivity contribution in [3.63, 3.8) is 0 Å². The van der Waals surface area contributed by atoms with Gasteiger partial charge in [0.05, 0.1) is 17.9 Å². The molecule has 182 valence electrons. The highest BCUT2D eigenvalue weighted by Gasteiger charge is 2.27. The van der Waals surface area contributed by atoms with Crippen LogP contribution in [0.2, 0.25) is 0 Å². The smallest absolute Gasteiger partial charge is 0.305 e. The number of anilines is 1. The third kappa shape index (κ3) is 6.63. The molecule has 2 N–H and O–H groups in total. The van der Waals surface area contributed by atoms with E-state index in [9.17, 15) is 9.90 Å². The van der Waals surface area contributed by atoms with Gasteiger partial charge in [-0.05, 0) is 30.0 Å². The van der Waals surface area contributed by atoms with Crippen molar-refractivity contribution in [2.24, 2.45) is 0 Å². The van der Waals surface area contributed by atoms with Gasteiger partial charge in [-0.1, -0.05) is 41.5 Å². The van der Waals surface area contributed by atoms with E-state index in [1.807, 2.05) is 12.1 Å². The fourth-order valence-corrected chi connectivity index (χ4v) is 4.65. The molecule has 8 nitrogen and oxygen atoms in total. The number of carbonyl (C=O) groups excluding carboxylic acids is 1. The molecule has 2 heterocycles. The number of aromatic nitrogens is 2. The zero-order chi connectivity index (χ0) is 24.4. The minimum absolute atomic E-state index is 0.116. The molecule has 2 aromatic rings. The van der Waals surface area contributed by atoms with Crippen LogP contribution in [-0.4, -0.2) is 60.2 Å². The van der Waals surface area contributed by atoms with Gasteiger partial charge in [0.25, 0.3) is 6.20 Å². The lowest BCUT2D eigenvalue weighted by molar-refractivity contribution is -0.759. The summed E-state index contributed by atoms with van der Waals surface area (Å²) >= 11 is 1.62. The Morgan fingerprint density at radius 3 is 2.24 bits per heavy atom. The zero-order valence-corrected chi connectivity index (χ0v) is 21.8. The van der Waals surface area contributed by atoms with E-state index >= 15 is 0 Å². The first-order chi connectivity index (χ1) is 15.3. The summed E-state index contributed by atoms with van der Waals surface area (Å²) in [5.74, 6) is 1.22. The van der Waals surface area contributed by atoms with Crippen LogP contribution in [0.3, 0.4) is 0 Å². The van der Waals surface area contributed by atoms with Crippen LogP contribution in [0.15, 0.2) is 27.7 Å². The van der Waals surface area contributed by atoms with Crippen molar-refractivity contribution in [2.45, 2.75) is 63.7 Å². The lowest BCUT2D eigenvalue weighted by Gasteiger charge is -2.28. The van der Waals surface area contributed by atoms with Crippen LogP contribution in [0.5, 0.6) is 5.75 Å². The van der Waals surface area contributed by atoms with Crippen LogP contribution in [0, 0.1) is 0 Å². The SMILES string of the molecule is CN1CCN([n+]2cc(NC(=O)CCSc3cc(C(C)(C)C)c(O)c(C(C)(C)C)c3)on2)CC1. The first-order valence-electron chi connectivity index (χ1n) is 11.5. The minimum Gasteiger partial charge on any atom is -0.507 e. The molecule has 1 fully saturated rings. The predicted molar refractivity (Wildman–Crippen MR) is 132 cm³/mol. The van der Waals surface area contributed by atoms with Gasteiger partial charge in [0.1, 0.15) is 5.75 Å². The van der Waals surface area contributed by atoms with E-state index in [0.29, 0.717) is 23.8 Å². The number of benzene rings is 1. The number of likely N-dealkylation sites (N-methyl/N-ethyl adjacent to an activating group) is 1. The Kier molecular flexibility index (Phi) is 7.63. The Morgan fingerprint density at radius 2 is 1.70 bits per heavy atom. The molecule has 0 unspecified atom stereocenters. The van der Waals surface area contributed by atoms with Gasteiger partial charge in [0, 0.05) is 41.3 Å². The fourth-order valence-electron chi connectivity index (χ4n) is 3.72. The number of hydrogen-bond donors (Lipinski definition) is 2. The van der Waals surface area contributed by atoms with E-state index in [1.165, 1.54) is 0 Å². The van der Waals surface area contributed by atoms with Gasteiger partial charge in [0.15, 0.2) is 0 Å². The van der Waals surface area contributed by atoms with Crippen LogP contribution in [0.25, 0.3) is 0 Å². The van der Waals surface area contributed by atoms with Crippen molar-refractivity contribution in [2.75, 3.05) is 49.3 Å². The molecule has 0 radical (unpaired) electrons. The van der Waals surface area contributed by atoms with E-state index in [0.717, 1.165) is 42.2 Å². The number of phenols is 1. The standard InChI is InChI=1S/C24H37N5O3S/c1-23(2,3)18-14-17(15-19(22(18)31)24(4,5)6)33-13-8-20(30)25-21-16-29(26-32-21)28-11-9-27(7)10-12-28/h14-16H,8-13H2,1-7H3,(H-,25,26,30,31)/p+1. The van der Waals surface area contributed by atoms with Crippen molar-refractivity contribution in [3.8, 4) is 5.75 Å². The van der Waals surface area contributed by atoms with Crippen molar-refractivity contribution >= 4 is 23.6 Å². The third-order valence-electron chi connectivity index (χ3n) is 5.78. The Morgan fingerprint density at radius 1 is 1.12 bits per heavy atom.